The Morgan fingerprint density at radius 3 is 2.50 bits per heavy atom. The van der Waals surface area contributed by atoms with Crippen LogP contribution in [0.4, 0.5) is 0 Å². The molecule has 0 aromatic carbocycles. The summed E-state index contributed by atoms with van der Waals surface area (Å²) in [6.45, 7) is 5.35. The number of nitrogens with two attached hydrogens (primary N) is 1. The molecule has 0 aromatic heterocycles. The van der Waals surface area contributed by atoms with Crippen LogP contribution in [-0.4, -0.2) is 26.8 Å². The van der Waals surface area contributed by atoms with Crippen molar-refractivity contribution in [3.63, 3.8) is 0 Å². The van der Waals surface area contributed by atoms with Gasteiger partial charge in [-0.2, -0.15) is 0 Å². The van der Waals surface area contributed by atoms with Crippen molar-refractivity contribution in [1.82, 2.24) is 5.32 Å². The summed E-state index contributed by atoms with van der Waals surface area (Å²) < 4.78 is 21.5. The Morgan fingerprint density at radius 2 is 1.94 bits per heavy atom. The molecule has 0 heterocycles. The zero-order valence-electron chi connectivity index (χ0n) is 10.3. The fourth-order valence-electron chi connectivity index (χ4n) is 2.31. The van der Waals surface area contributed by atoms with E-state index in [0.29, 0.717) is 12.5 Å². The number of nitrogens with one attached hydrogen (secondary N) is 1. The predicted octanol–water partition coefficient (Wildman–Crippen LogP) is 1.08. The van der Waals surface area contributed by atoms with E-state index in [-0.39, 0.29) is 5.75 Å². The number of hydrogen-bond acceptors (Lipinski definition) is 3. The van der Waals surface area contributed by atoms with Gasteiger partial charge in [0.1, 0.15) is 0 Å². The maximum absolute atomic E-state index is 10.7. The van der Waals surface area contributed by atoms with E-state index in [1.807, 2.05) is 0 Å². The highest BCUT2D eigenvalue weighted by atomic mass is 32.2. The Hall–Kier alpha value is -0.130. The molecule has 96 valence electrons. The van der Waals surface area contributed by atoms with Crippen LogP contribution in [-0.2, 0) is 10.0 Å². The van der Waals surface area contributed by atoms with Crippen molar-refractivity contribution in [2.45, 2.75) is 45.6 Å². The van der Waals surface area contributed by atoms with E-state index in [1.165, 1.54) is 19.3 Å². The highest BCUT2D eigenvalue weighted by Gasteiger charge is 2.23. The highest BCUT2D eigenvalue weighted by molar-refractivity contribution is 7.89. The third-order valence-electron chi connectivity index (χ3n) is 3.64. The Morgan fingerprint density at radius 1 is 1.25 bits per heavy atom. The van der Waals surface area contributed by atoms with E-state index >= 15 is 0 Å². The standard InChI is InChI=1S/C11H24N2O2S/c1-9-4-5-11(8-10(9)2)13-6-3-7-16(12,14)15/h9-11,13H,3-8H2,1-2H3,(H2,12,14,15). The Bertz CT molecular complexity index is 303. The molecular weight excluding hydrogens is 224 g/mol. The van der Waals surface area contributed by atoms with Crippen LogP contribution in [0.2, 0.25) is 0 Å². The van der Waals surface area contributed by atoms with E-state index in [1.54, 1.807) is 0 Å². The van der Waals surface area contributed by atoms with Gasteiger partial charge in [-0.05, 0) is 44.1 Å². The lowest BCUT2D eigenvalue weighted by atomic mass is 9.79. The van der Waals surface area contributed by atoms with Gasteiger partial charge in [-0.25, -0.2) is 13.6 Å². The second-order valence-electron chi connectivity index (χ2n) is 5.14. The zero-order chi connectivity index (χ0) is 12.2. The molecule has 1 aliphatic rings. The smallest absolute Gasteiger partial charge is 0.209 e. The van der Waals surface area contributed by atoms with Crippen molar-refractivity contribution < 1.29 is 8.42 Å². The summed E-state index contributed by atoms with van der Waals surface area (Å²) in [7, 11) is -3.29. The van der Waals surface area contributed by atoms with Gasteiger partial charge in [0.2, 0.25) is 10.0 Å². The van der Waals surface area contributed by atoms with Crippen LogP contribution in [0, 0.1) is 11.8 Å². The zero-order valence-corrected chi connectivity index (χ0v) is 11.1. The van der Waals surface area contributed by atoms with E-state index in [9.17, 15) is 8.42 Å². The topological polar surface area (TPSA) is 72.2 Å². The van der Waals surface area contributed by atoms with Crippen LogP contribution in [0.15, 0.2) is 0 Å². The van der Waals surface area contributed by atoms with Crippen LogP contribution < -0.4 is 10.5 Å². The molecule has 1 rings (SSSR count). The molecule has 0 bridgehead atoms. The molecule has 3 N–H and O–H groups in total. The summed E-state index contributed by atoms with van der Waals surface area (Å²) >= 11 is 0. The molecule has 3 atom stereocenters. The first kappa shape index (κ1) is 13.9. The third-order valence-corrected chi connectivity index (χ3v) is 4.49. The van der Waals surface area contributed by atoms with Gasteiger partial charge in [0.05, 0.1) is 5.75 Å². The number of primary sulfonamides is 1. The summed E-state index contributed by atoms with van der Waals surface area (Å²) in [5.41, 5.74) is 0. The lowest BCUT2D eigenvalue weighted by Crippen LogP contribution is -2.37. The van der Waals surface area contributed by atoms with E-state index in [0.717, 1.165) is 18.4 Å². The maximum atomic E-state index is 10.7. The van der Waals surface area contributed by atoms with Crippen LogP contribution in [0.3, 0.4) is 0 Å². The van der Waals surface area contributed by atoms with Gasteiger partial charge in [-0.1, -0.05) is 13.8 Å². The first-order valence-corrected chi connectivity index (χ1v) is 7.84. The van der Waals surface area contributed by atoms with Gasteiger partial charge >= 0.3 is 0 Å². The van der Waals surface area contributed by atoms with Gasteiger partial charge in [-0.15, -0.1) is 0 Å². The van der Waals surface area contributed by atoms with Crippen molar-refractivity contribution in [1.29, 1.82) is 0 Å². The second kappa shape index (κ2) is 5.98. The third kappa shape index (κ3) is 5.27. The number of sulfonamides is 1. The molecule has 0 amide bonds. The van der Waals surface area contributed by atoms with Crippen molar-refractivity contribution in [3.8, 4) is 0 Å². The van der Waals surface area contributed by atoms with Crippen molar-refractivity contribution in [2.24, 2.45) is 17.0 Å². The average Bonchev–Trinajstić information content (AvgIpc) is 2.17. The fourth-order valence-corrected chi connectivity index (χ4v) is 2.86. The van der Waals surface area contributed by atoms with Gasteiger partial charge < -0.3 is 5.32 Å². The number of rotatable bonds is 5. The van der Waals surface area contributed by atoms with E-state index in [4.69, 9.17) is 5.14 Å². The van der Waals surface area contributed by atoms with Gasteiger partial charge in [0.15, 0.2) is 0 Å². The molecule has 0 aromatic rings. The van der Waals surface area contributed by atoms with Crippen molar-refractivity contribution in [2.75, 3.05) is 12.3 Å². The SMILES string of the molecule is CC1CCC(NCCCS(N)(=O)=O)CC1C. The molecule has 1 aliphatic carbocycles. The normalized spacial score (nSPS) is 31.6. The van der Waals surface area contributed by atoms with Crippen LogP contribution in [0.1, 0.15) is 39.5 Å². The summed E-state index contributed by atoms with van der Waals surface area (Å²) in [5.74, 6) is 1.67. The van der Waals surface area contributed by atoms with Crippen LogP contribution in [0.5, 0.6) is 0 Å². The molecule has 1 fully saturated rings. The summed E-state index contributed by atoms with van der Waals surface area (Å²) in [5, 5.41) is 8.36. The van der Waals surface area contributed by atoms with Crippen molar-refractivity contribution in [3.05, 3.63) is 0 Å². The number of hydrogen-bond donors (Lipinski definition) is 2. The predicted molar refractivity (Wildman–Crippen MR) is 66.6 cm³/mol. The van der Waals surface area contributed by atoms with Crippen LogP contribution >= 0.6 is 0 Å². The van der Waals surface area contributed by atoms with E-state index < -0.39 is 10.0 Å². The molecular formula is C11H24N2O2S. The minimum absolute atomic E-state index is 0.0820. The monoisotopic (exact) mass is 248 g/mol. The first-order valence-electron chi connectivity index (χ1n) is 6.12. The molecule has 16 heavy (non-hydrogen) atoms. The molecule has 4 nitrogen and oxygen atoms in total. The second-order valence-corrected chi connectivity index (χ2v) is 6.87. The molecule has 3 unspecified atom stereocenters. The summed E-state index contributed by atoms with van der Waals surface area (Å²) in [6.07, 6.45) is 4.30. The molecule has 1 saturated carbocycles. The van der Waals surface area contributed by atoms with Crippen molar-refractivity contribution >= 4 is 10.0 Å². The largest absolute Gasteiger partial charge is 0.314 e. The minimum Gasteiger partial charge on any atom is -0.314 e. The highest BCUT2D eigenvalue weighted by Crippen LogP contribution is 2.29. The maximum Gasteiger partial charge on any atom is 0.209 e. The minimum atomic E-state index is -3.29. The lowest BCUT2D eigenvalue weighted by Gasteiger charge is -2.32. The Balaban J connectivity index is 2.14. The Kier molecular flexibility index (Phi) is 5.21. The molecule has 0 aliphatic heterocycles. The summed E-state index contributed by atoms with van der Waals surface area (Å²) in [6, 6.07) is 0.562. The molecule has 5 heteroatoms. The van der Waals surface area contributed by atoms with Gasteiger partial charge in [0.25, 0.3) is 0 Å². The van der Waals surface area contributed by atoms with Gasteiger partial charge in [0, 0.05) is 6.04 Å². The Labute approximate surface area is 99.0 Å². The quantitative estimate of drug-likeness (QED) is 0.715. The first-order chi connectivity index (χ1) is 7.38. The van der Waals surface area contributed by atoms with Crippen LogP contribution in [0.25, 0.3) is 0 Å². The van der Waals surface area contributed by atoms with E-state index in [2.05, 4.69) is 19.2 Å². The molecule has 0 spiro atoms. The summed E-state index contributed by atoms with van der Waals surface area (Å²) in [4.78, 5) is 0. The molecule has 0 saturated heterocycles. The fraction of sp³-hybridized carbons (Fsp3) is 1.00. The average molecular weight is 248 g/mol. The van der Waals surface area contributed by atoms with Gasteiger partial charge in [-0.3, -0.25) is 0 Å². The molecule has 0 radical (unpaired) electrons. The lowest BCUT2D eigenvalue weighted by molar-refractivity contribution is 0.227.